The van der Waals surface area contributed by atoms with E-state index >= 15 is 0 Å². The van der Waals surface area contributed by atoms with E-state index in [-0.39, 0.29) is 6.10 Å². The molecule has 0 saturated heterocycles. The summed E-state index contributed by atoms with van der Waals surface area (Å²) in [6.45, 7) is 4.75. The van der Waals surface area contributed by atoms with Gasteiger partial charge in [-0.25, -0.2) is 0 Å². The molecule has 0 aromatic rings. The summed E-state index contributed by atoms with van der Waals surface area (Å²) in [5.41, 5.74) is -0.544. The fraction of sp³-hybridized carbons (Fsp3) is 0.900. The molecule has 2 unspecified atom stereocenters. The van der Waals surface area contributed by atoms with E-state index in [1.807, 2.05) is 13.8 Å². The van der Waals surface area contributed by atoms with Crippen molar-refractivity contribution < 1.29 is 4.74 Å². The molecule has 0 heterocycles. The molecular weight excluding hydrogens is 164 g/mol. The molecule has 0 radical (unpaired) electrons. The number of nitrogens with zero attached hydrogens (tertiary/aromatic N) is 1. The first-order valence-corrected chi connectivity index (χ1v) is 4.81. The SMILES string of the molecule is COC(C)C(C)(C#N)NCC1CC1. The number of ether oxygens (including phenoxy) is 1. The van der Waals surface area contributed by atoms with Crippen LogP contribution in [-0.2, 0) is 4.74 Å². The fourth-order valence-electron chi connectivity index (χ4n) is 1.19. The number of methoxy groups -OCH3 is 1. The topological polar surface area (TPSA) is 45.0 Å². The summed E-state index contributed by atoms with van der Waals surface area (Å²) < 4.78 is 5.17. The molecule has 0 bridgehead atoms. The van der Waals surface area contributed by atoms with E-state index in [0.29, 0.717) is 0 Å². The Balaban J connectivity index is 2.42. The van der Waals surface area contributed by atoms with Gasteiger partial charge in [-0.2, -0.15) is 5.26 Å². The van der Waals surface area contributed by atoms with Gasteiger partial charge in [0.25, 0.3) is 0 Å². The molecule has 0 aromatic carbocycles. The average molecular weight is 182 g/mol. The summed E-state index contributed by atoms with van der Waals surface area (Å²) in [4.78, 5) is 0. The van der Waals surface area contributed by atoms with Crippen LogP contribution in [0, 0.1) is 17.2 Å². The monoisotopic (exact) mass is 182 g/mol. The van der Waals surface area contributed by atoms with Crippen LogP contribution < -0.4 is 5.32 Å². The van der Waals surface area contributed by atoms with Crippen molar-refractivity contribution in [1.82, 2.24) is 5.32 Å². The van der Waals surface area contributed by atoms with Crippen LogP contribution in [0.25, 0.3) is 0 Å². The summed E-state index contributed by atoms with van der Waals surface area (Å²) in [5, 5.41) is 12.3. The molecule has 74 valence electrons. The molecule has 1 N–H and O–H groups in total. The Morgan fingerprint density at radius 2 is 2.31 bits per heavy atom. The van der Waals surface area contributed by atoms with Crippen molar-refractivity contribution in [2.75, 3.05) is 13.7 Å². The lowest BCUT2D eigenvalue weighted by Gasteiger charge is -2.28. The lowest BCUT2D eigenvalue weighted by atomic mass is 9.97. The Kier molecular flexibility index (Phi) is 3.29. The maximum absolute atomic E-state index is 9.03. The standard InChI is InChI=1S/C10H18N2O/c1-8(13-3)10(2,7-11)12-6-9-4-5-9/h8-9,12H,4-6H2,1-3H3. The van der Waals surface area contributed by atoms with Gasteiger partial charge in [0.1, 0.15) is 5.54 Å². The molecule has 1 fully saturated rings. The molecule has 0 aliphatic heterocycles. The number of rotatable bonds is 5. The van der Waals surface area contributed by atoms with E-state index in [9.17, 15) is 0 Å². The fourth-order valence-corrected chi connectivity index (χ4v) is 1.19. The van der Waals surface area contributed by atoms with Gasteiger partial charge in [0.15, 0.2) is 0 Å². The summed E-state index contributed by atoms with van der Waals surface area (Å²) in [6, 6.07) is 2.28. The van der Waals surface area contributed by atoms with Gasteiger partial charge in [-0.1, -0.05) is 0 Å². The van der Waals surface area contributed by atoms with Crippen LogP contribution in [-0.4, -0.2) is 25.3 Å². The maximum Gasteiger partial charge on any atom is 0.130 e. The van der Waals surface area contributed by atoms with Crippen LogP contribution in [0.1, 0.15) is 26.7 Å². The molecule has 1 aliphatic carbocycles. The van der Waals surface area contributed by atoms with E-state index in [2.05, 4.69) is 11.4 Å². The van der Waals surface area contributed by atoms with E-state index in [1.54, 1.807) is 7.11 Å². The molecule has 0 spiro atoms. The molecular formula is C10H18N2O. The van der Waals surface area contributed by atoms with Gasteiger partial charge in [-0.3, -0.25) is 5.32 Å². The Bertz CT molecular complexity index is 207. The van der Waals surface area contributed by atoms with Gasteiger partial charge in [-0.05, 0) is 39.2 Å². The van der Waals surface area contributed by atoms with Crippen molar-refractivity contribution in [1.29, 1.82) is 5.26 Å². The van der Waals surface area contributed by atoms with Crippen molar-refractivity contribution in [2.45, 2.75) is 38.3 Å². The number of hydrogen-bond donors (Lipinski definition) is 1. The van der Waals surface area contributed by atoms with Crippen LogP contribution >= 0.6 is 0 Å². The predicted octanol–water partition coefficient (Wildman–Crippen LogP) is 1.30. The Morgan fingerprint density at radius 3 is 2.69 bits per heavy atom. The number of nitrogens with one attached hydrogen (secondary N) is 1. The molecule has 3 nitrogen and oxygen atoms in total. The van der Waals surface area contributed by atoms with Crippen LogP contribution in [0.2, 0.25) is 0 Å². The average Bonchev–Trinajstić information content (AvgIpc) is 2.96. The zero-order chi connectivity index (χ0) is 9.90. The number of hydrogen-bond acceptors (Lipinski definition) is 3. The second kappa shape index (κ2) is 4.08. The third-order valence-corrected chi connectivity index (χ3v) is 2.85. The molecule has 0 aromatic heterocycles. The highest BCUT2D eigenvalue weighted by molar-refractivity contribution is 5.08. The van der Waals surface area contributed by atoms with Gasteiger partial charge >= 0.3 is 0 Å². The first kappa shape index (κ1) is 10.5. The first-order chi connectivity index (χ1) is 6.12. The molecule has 1 saturated carbocycles. The highest BCUT2D eigenvalue weighted by Gasteiger charge is 2.33. The van der Waals surface area contributed by atoms with Crippen LogP contribution in [0.15, 0.2) is 0 Å². The van der Waals surface area contributed by atoms with E-state index in [1.165, 1.54) is 12.8 Å². The largest absolute Gasteiger partial charge is 0.379 e. The van der Waals surface area contributed by atoms with Gasteiger partial charge < -0.3 is 4.74 Å². The minimum absolute atomic E-state index is 0.0729. The van der Waals surface area contributed by atoms with Crippen LogP contribution in [0.5, 0.6) is 0 Å². The normalized spacial score (nSPS) is 23.2. The Labute approximate surface area is 80.1 Å². The molecule has 0 amide bonds. The summed E-state index contributed by atoms with van der Waals surface area (Å²) in [5.74, 6) is 0.789. The summed E-state index contributed by atoms with van der Waals surface area (Å²) in [7, 11) is 1.64. The minimum atomic E-state index is -0.544. The van der Waals surface area contributed by atoms with Gasteiger partial charge in [0.2, 0.25) is 0 Å². The van der Waals surface area contributed by atoms with Gasteiger partial charge in [0.05, 0.1) is 12.2 Å². The van der Waals surface area contributed by atoms with Crippen molar-refractivity contribution in [3.8, 4) is 6.07 Å². The van der Waals surface area contributed by atoms with Crippen molar-refractivity contribution in [3.63, 3.8) is 0 Å². The molecule has 13 heavy (non-hydrogen) atoms. The van der Waals surface area contributed by atoms with Gasteiger partial charge in [-0.15, -0.1) is 0 Å². The highest BCUT2D eigenvalue weighted by atomic mass is 16.5. The van der Waals surface area contributed by atoms with E-state index in [0.717, 1.165) is 12.5 Å². The zero-order valence-electron chi connectivity index (χ0n) is 8.63. The minimum Gasteiger partial charge on any atom is -0.379 e. The van der Waals surface area contributed by atoms with Crippen molar-refractivity contribution in [3.05, 3.63) is 0 Å². The summed E-state index contributed by atoms with van der Waals surface area (Å²) >= 11 is 0. The van der Waals surface area contributed by atoms with Crippen LogP contribution in [0.4, 0.5) is 0 Å². The quantitative estimate of drug-likeness (QED) is 0.697. The third kappa shape index (κ3) is 2.68. The highest BCUT2D eigenvalue weighted by Crippen LogP contribution is 2.28. The second-order valence-corrected chi connectivity index (χ2v) is 4.02. The van der Waals surface area contributed by atoms with E-state index < -0.39 is 5.54 Å². The van der Waals surface area contributed by atoms with Crippen LogP contribution in [0.3, 0.4) is 0 Å². The molecule has 2 atom stereocenters. The lowest BCUT2D eigenvalue weighted by Crippen LogP contribution is -2.51. The number of nitriles is 1. The molecule has 3 heteroatoms. The third-order valence-electron chi connectivity index (χ3n) is 2.85. The molecule has 1 aliphatic rings. The summed E-state index contributed by atoms with van der Waals surface area (Å²) in [6.07, 6.45) is 2.53. The predicted molar refractivity (Wildman–Crippen MR) is 51.2 cm³/mol. The van der Waals surface area contributed by atoms with Crippen molar-refractivity contribution in [2.24, 2.45) is 5.92 Å². The van der Waals surface area contributed by atoms with Gasteiger partial charge in [0, 0.05) is 7.11 Å². The smallest absolute Gasteiger partial charge is 0.130 e. The Morgan fingerprint density at radius 1 is 1.69 bits per heavy atom. The second-order valence-electron chi connectivity index (χ2n) is 4.02. The molecule has 1 rings (SSSR count). The maximum atomic E-state index is 9.03. The lowest BCUT2D eigenvalue weighted by molar-refractivity contribution is 0.0622. The van der Waals surface area contributed by atoms with Crippen molar-refractivity contribution >= 4 is 0 Å². The Hall–Kier alpha value is -0.590. The zero-order valence-corrected chi connectivity index (χ0v) is 8.63. The first-order valence-electron chi connectivity index (χ1n) is 4.81. The van der Waals surface area contributed by atoms with E-state index in [4.69, 9.17) is 10.00 Å².